The Balaban J connectivity index is 1.33. The van der Waals surface area contributed by atoms with Gasteiger partial charge in [-0.2, -0.15) is 0 Å². The lowest BCUT2D eigenvalue weighted by Gasteiger charge is -2.41. The zero-order valence-electron chi connectivity index (χ0n) is 33.0. The van der Waals surface area contributed by atoms with E-state index in [1.54, 1.807) is 11.1 Å². The number of thioether (sulfide) groups is 1. The van der Waals surface area contributed by atoms with Crippen molar-refractivity contribution in [1.82, 2.24) is 25.0 Å². The third-order valence-electron chi connectivity index (χ3n) is 9.49. The van der Waals surface area contributed by atoms with E-state index in [1.165, 1.54) is 34.9 Å². The Hall–Kier alpha value is -4.86. The maximum atomic E-state index is 15.1. The van der Waals surface area contributed by atoms with Crippen LogP contribution in [0.15, 0.2) is 72.9 Å². The van der Waals surface area contributed by atoms with Crippen LogP contribution in [-0.4, -0.2) is 94.2 Å². The van der Waals surface area contributed by atoms with Gasteiger partial charge in [-0.25, -0.2) is 8.78 Å². The van der Waals surface area contributed by atoms with Crippen LogP contribution in [0, 0.1) is 17.0 Å². The van der Waals surface area contributed by atoms with Crippen molar-refractivity contribution in [2.45, 2.75) is 71.5 Å². The van der Waals surface area contributed by atoms with Gasteiger partial charge in [-0.15, -0.1) is 11.8 Å². The number of nitrogens with one attached hydrogen (secondary N) is 2. The monoisotopic (exact) mass is 807 g/mol. The average molecular weight is 808 g/mol. The lowest BCUT2D eigenvalue weighted by Crippen LogP contribution is -2.46. The molecule has 2 aromatic carbocycles. The molecule has 1 aromatic heterocycles. The van der Waals surface area contributed by atoms with Gasteiger partial charge in [0.25, 0.3) is 11.8 Å². The van der Waals surface area contributed by atoms with Crippen molar-refractivity contribution in [2.75, 3.05) is 44.2 Å². The fraction of sp³-hybridized carbons (Fsp3) is 0.452. The van der Waals surface area contributed by atoms with Gasteiger partial charge in [-0.3, -0.25) is 28.9 Å². The molecule has 0 bridgehead atoms. The van der Waals surface area contributed by atoms with Crippen LogP contribution in [0.2, 0.25) is 0 Å². The van der Waals surface area contributed by atoms with Crippen LogP contribution >= 0.6 is 11.8 Å². The number of nitrogens with zero attached hydrogens (tertiary/aromatic N) is 3. The van der Waals surface area contributed by atoms with Gasteiger partial charge in [0.1, 0.15) is 11.6 Å². The second-order valence-electron chi connectivity index (χ2n) is 15.1. The molecule has 6 N–H and O–H groups in total. The van der Waals surface area contributed by atoms with Crippen LogP contribution in [0.3, 0.4) is 0 Å². The molecule has 0 fully saturated rings. The highest BCUT2D eigenvalue weighted by Crippen LogP contribution is 2.41. The number of carbonyl (C=O) groups excluding carboxylic acids is 5. The quantitative estimate of drug-likeness (QED) is 0.0848. The Bertz CT molecular complexity index is 1860. The summed E-state index contributed by atoms with van der Waals surface area (Å²) in [5.74, 6) is -2.29. The Morgan fingerprint density at radius 2 is 1.61 bits per heavy atom. The summed E-state index contributed by atoms with van der Waals surface area (Å²) in [6, 6.07) is 13.6. The van der Waals surface area contributed by atoms with Crippen molar-refractivity contribution in [3.05, 3.63) is 95.8 Å². The summed E-state index contributed by atoms with van der Waals surface area (Å²) >= 11 is 1.24. The van der Waals surface area contributed by atoms with Gasteiger partial charge in [0.05, 0.1) is 17.8 Å². The summed E-state index contributed by atoms with van der Waals surface area (Å²) in [6.45, 7) is 7.95. The number of carbonyl (C=O) groups is 5. The molecular formula is C42H55F2N7O5S. The van der Waals surface area contributed by atoms with Gasteiger partial charge in [0.15, 0.2) is 0 Å². The molecule has 0 radical (unpaired) electrons. The number of halogens is 2. The molecular weight excluding hydrogens is 753 g/mol. The van der Waals surface area contributed by atoms with Gasteiger partial charge < -0.3 is 31.6 Å². The Labute approximate surface area is 337 Å². The van der Waals surface area contributed by atoms with Crippen molar-refractivity contribution in [3.63, 3.8) is 0 Å². The fourth-order valence-electron chi connectivity index (χ4n) is 6.69. The lowest BCUT2D eigenvalue weighted by molar-refractivity contribution is -0.137. The van der Waals surface area contributed by atoms with E-state index in [1.807, 2.05) is 61.7 Å². The van der Waals surface area contributed by atoms with Crippen LogP contribution in [0.1, 0.15) is 70.2 Å². The Morgan fingerprint density at radius 3 is 2.30 bits per heavy atom. The van der Waals surface area contributed by atoms with Gasteiger partial charge in [0, 0.05) is 80.1 Å². The molecule has 0 spiro atoms. The van der Waals surface area contributed by atoms with E-state index in [9.17, 15) is 28.4 Å². The predicted octanol–water partition coefficient (Wildman–Crippen LogP) is 4.52. The van der Waals surface area contributed by atoms with Crippen LogP contribution in [0.4, 0.5) is 8.78 Å². The topological polar surface area (TPSA) is 173 Å². The summed E-state index contributed by atoms with van der Waals surface area (Å²) in [4.78, 5) is 65.2. The molecule has 12 nitrogen and oxygen atoms in total. The lowest BCUT2D eigenvalue weighted by atomic mass is 9.83. The first-order chi connectivity index (χ1) is 27.2. The molecule has 1 aliphatic rings. The first-order valence-corrected chi connectivity index (χ1v) is 20.4. The van der Waals surface area contributed by atoms with E-state index in [4.69, 9.17) is 11.5 Å². The molecule has 2 atom stereocenters. The molecule has 3 aromatic rings. The van der Waals surface area contributed by atoms with Gasteiger partial charge in [0.2, 0.25) is 17.7 Å². The number of hydrogen-bond acceptors (Lipinski definition) is 8. The van der Waals surface area contributed by atoms with Crippen molar-refractivity contribution in [1.29, 1.82) is 0 Å². The minimum atomic E-state index is -0.897. The molecule has 2 heterocycles. The van der Waals surface area contributed by atoms with Gasteiger partial charge in [-0.1, -0.05) is 57.5 Å². The van der Waals surface area contributed by atoms with E-state index in [0.717, 1.165) is 23.4 Å². The van der Waals surface area contributed by atoms with E-state index >= 15 is 4.39 Å². The number of unbranched alkanes of at least 4 members (excludes halogenated alkanes) is 2. The number of hydrogen-bond donors (Lipinski definition) is 4. The third-order valence-corrected chi connectivity index (χ3v) is 10.5. The predicted molar refractivity (Wildman–Crippen MR) is 219 cm³/mol. The number of imide groups is 1. The molecule has 2 unspecified atom stereocenters. The molecule has 1 aliphatic heterocycles. The molecule has 308 valence electrons. The second-order valence-corrected chi connectivity index (χ2v) is 16.2. The maximum absolute atomic E-state index is 15.1. The van der Waals surface area contributed by atoms with Crippen LogP contribution in [0.5, 0.6) is 0 Å². The summed E-state index contributed by atoms with van der Waals surface area (Å²) < 4.78 is 31.4. The third kappa shape index (κ3) is 13.4. The number of nitrogens with two attached hydrogens (primary N) is 2. The van der Waals surface area contributed by atoms with Gasteiger partial charge in [-0.05, 0) is 61.1 Å². The molecule has 0 aliphatic carbocycles. The number of benzene rings is 2. The molecule has 57 heavy (non-hydrogen) atoms. The minimum absolute atomic E-state index is 0.0422. The summed E-state index contributed by atoms with van der Waals surface area (Å²) in [6.07, 6.45) is 6.99. The minimum Gasteiger partial charge on any atom is -0.354 e. The molecule has 5 amide bonds. The average Bonchev–Trinajstić information content (AvgIpc) is 3.72. The Morgan fingerprint density at radius 1 is 0.912 bits per heavy atom. The van der Waals surface area contributed by atoms with E-state index in [-0.39, 0.29) is 60.2 Å². The number of aromatic nitrogens is 1. The van der Waals surface area contributed by atoms with Gasteiger partial charge >= 0.3 is 0 Å². The zero-order chi connectivity index (χ0) is 41.5. The summed E-state index contributed by atoms with van der Waals surface area (Å²) in [7, 11) is 0. The van der Waals surface area contributed by atoms with E-state index < -0.39 is 35.0 Å². The molecule has 4 rings (SSSR count). The largest absolute Gasteiger partial charge is 0.354 e. The van der Waals surface area contributed by atoms with Crippen LogP contribution in [-0.2, 0) is 30.5 Å². The molecule has 0 saturated heterocycles. The second kappa shape index (κ2) is 21.6. The van der Waals surface area contributed by atoms with E-state index in [0.29, 0.717) is 57.4 Å². The fourth-order valence-corrected chi connectivity index (χ4v) is 7.56. The van der Waals surface area contributed by atoms with Crippen molar-refractivity contribution in [3.8, 4) is 11.1 Å². The molecule has 0 saturated carbocycles. The Kier molecular flexibility index (Phi) is 17.0. The summed E-state index contributed by atoms with van der Waals surface area (Å²) in [5, 5.41) is 5.48. The highest BCUT2D eigenvalue weighted by molar-refractivity contribution is 8.00. The highest BCUT2D eigenvalue weighted by atomic mass is 32.2. The zero-order valence-corrected chi connectivity index (χ0v) is 33.8. The highest BCUT2D eigenvalue weighted by Gasteiger charge is 2.37. The normalized spacial score (nSPS) is 13.8. The van der Waals surface area contributed by atoms with E-state index in [2.05, 4.69) is 10.6 Å². The first kappa shape index (κ1) is 44.8. The summed E-state index contributed by atoms with van der Waals surface area (Å²) in [5.41, 5.74) is 14.0. The van der Waals surface area contributed by atoms with Crippen LogP contribution in [0.25, 0.3) is 11.1 Å². The van der Waals surface area contributed by atoms with Crippen LogP contribution < -0.4 is 22.1 Å². The van der Waals surface area contributed by atoms with Crippen molar-refractivity contribution >= 4 is 41.3 Å². The van der Waals surface area contributed by atoms with Crippen molar-refractivity contribution < 1.29 is 32.8 Å². The number of amides is 5. The molecule has 15 heteroatoms. The SMILES string of the molecule is CC(C)(C)C(c1cc(-c2cc(F)ccc2F)cn1Cc1ccccc1)N(CCCN)C(=O)CSCC(N)C(=O)NCCNC(=O)CCCCCN1C(=O)C=CC1=O. The standard InChI is InChI=1S/C42H55F2N7O5S/c1-42(2,3)40(35-23-30(32-24-31(43)14-15-33(32)44)26-49(35)25-29-11-6-4-7-12-29)51(22-10-18-45)39(55)28-57-27-34(46)41(56)48-20-19-47-36(52)13-8-5-9-21-50-37(53)16-17-38(50)54/h4,6-7,11-12,14-17,23-24,26,34,40H,5,8-10,13,18-22,25,27-28,45-46H2,1-3H3,(H,47,52)(H,48,56). The smallest absolute Gasteiger partial charge is 0.253 e. The maximum Gasteiger partial charge on any atom is 0.253 e. The first-order valence-electron chi connectivity index (χ1n) is 19.3. The van der Waals surface area contributed by atoms with Crippen molar-refractivity contribution in [2.24, 2.45) is 16.9 Å². The number of rotatable bonds is 22.